The zero-order chi connectivity index (χ0) is 19.4. The molecule has 7 nitrogen and oxygen atoms in total. The monoisotopic (exact) mass is 372 g/mol. The highest BCUT2D eigenvalue weighted by atomic mass is 16.3. The molecule has 0 spiro atoms. The number of furan rings is 1. The molecule has 0 saturated carbocycles. The Labute approximate surface area is 159 Å². The molecule has 2 unspecified atom stereocenters. The largest absolute Gasteiger partial charge is 0.465 e. The number of carbonyl (C=O) groups is 2. The van der Waals surface area contributed by atoms with Crippen molar-refractivity contribution in [1.82, 2.24) is 20.1 Å². The van der Waals surface area contributed by atoms with Gasteiger partial charge in [0, 0.05) is 31.9 Å². The second-order valence-electron chi connectivity index (χ2n) is 6.96. The summed E-state index contributed by atoms with van der Waals surface area (Å²) in [6.07, 6.45) is 2.32. The number of nitrogens with one attached hydrogen (secondary N) is 2. The number of nitrogens with zero attached hydrogens (tertiary/aromatic N) is 2. The van der Waals surface area contributed by atoms with Crippen molar-refractivity contribution < 1.29 is 14.0 Å². The van der Waals surface area contributed by atoms with Gasteiger partial charge < -0.3 is 19.6 Å². The molecule has 1 aliphatic heterocycles. The molecule has 2 amide bonds. The fraction of sp³-hybridized carbons (Fsp3) is 0.500. The molecule has 1 fully saturated rings. The van der Waals surface area contributed by atoms with E-state index in [0.29, 0.717) is 38.3 Å². The van der Waals surface area contributed by atoms with E-state index in [1.165, 1.54) is 0 Å². The lowest BCUT2D eigenvalue weighted by atomic mass is 10.1. The van der Waals surface area contributed by atoms with Crippen LogP contribution >= 0.6 is 0 Å². The molecule has 2 aromatic heterocycles. The first-order valence-electron chi connectivity index (χ1n) is 9.54. The smallest absolute Gasteiger partial charge is 0.267 e. The maximum Gasteiger partial charge on any atom is 0.267 e. The van der Waals surface area contributed by atoms with Crippen molar-refractivity contribution in [2.24, 2.45) is 0 Å². The molecule has 3 heterocycles. The standard InChI is InChI=1S/C20H28N4O3/c1-4-23(5-2)20(26)18-11-15(22-19(25)17-7-6-10-21-17)12-24(18)13-16-9-8-14(3)27-16/h6-10,15,18,21H,4-5,11-13H2,1-3H3,(H,22,25). The zero-order valence-corrected chi connectivity index (χ0v) is 16.2. The van der Waals surface area contributed by atoms with Crippen LogP contribution in [0.15, 0.2) is 34.9 Å². The summed E-state index contributed by atoms with van der Waals surface area (Å²) < 4.78 is 5.70. The number of aromatic nitrogens is 1. The first-order valence-corrected chi connectivity index (χ1v) is 9.54. The minimum atomic E-state index is -0.260. The molecule has 0 aromatic carbocycles. The van der Waals surface area contributed by atoms with Crippen molar-refractivity contribution in [3.8, 4) is 0 Å². The average molecular weight is 372 g/mol. The van der Waals surface area contributed by atoms with E-state index in [4.69, 9.17) is 4.42 Å². The van der Waals surface area contributed by atoms with Gasteiger partial charge in [-0.25, -0.2) is 0 Å². The van der Waals surface area contributed by atoms with Crippen LogP contribution in [0.4, 0.5) is 0 Å². The molecule has 27 heavy (non-hydrogen) atoms. The Bertz CT molecular complexity index is 764. The fourth-order valence-electron chi connectivity index (χ4n) is 3.69. The van der Waals surface area contributed by atoms with Gasteiger partial charge in [0.15, 0.2) is 0 Å². The molecule has 3 rings (SSSR count). The van der Waals surface area contributed by atoms with Gasteiger partial charge in [-0.15, -0.1) is 0 Å². The van der Waals surface area contributed by atoms with E-state index in [-0.39, 0.29) is 23.9 Å². The highest BCUT2D eigenvalue weighted by Crippen LogP contribution is 2.23. The fourth-order valence-corrected chi connectivity index (χ4v) is 3.69. The van der Waals surface area contributed by atoms with Crippen LogP contribution in [0, 0.1) is 6.92 Å². The van der Waals surface area contributed by atoms with Gasteiger partial charge in [0.2, 0.25) is 5.91 Å². The maximum atomic E-state index is 13.0. The topological polar surface area (TPSA) is 81.6 Å². The highest BCUT2D eigenvalue weighted by molar-refractivity contribution is 5.92. The Morgan fingerprint density at radius 1 is 1.30 bits per heavy atom. The lowest BCUT2D eigenvalue weighted by Crippen LogP contribution is -2.45. The molecule has 1 aliphatic rings. The third kappa shape index (κ3) is 4.42. The number of hydrogen-bond donors (Lipinski definition) is 2. The van der Waals surface area contributed by atoms with Crippen LogP contribution in [0.2, 0.25) is 0 Å². The molecule has 2 N–H and O–H groups in total. The Balaban J connectivity index is 1.73. The Kier molecular flexibility index (Phi) is 6.01. The van der Waals surface area contributed by atoms with E-state index in [1.54, 1.807) is 18.3 Å². The van der Waals surface area contributed by atoms with Gasteiger partial charge in [-0.3, -0.25) is 14.5 Å². The van der Waals surface area contributed by atoms with Gasteiger partial charge >= 0.3 is 0 Å². The third-order valence-electron chi connectivity index (χ3n) is 5.10. The highest BCUT2D eigenvalue weighted by Gasteiger charge is 2.39. The van der Waals surface area contributed by atoms with Crippen molar-refractivity contribution in [2.75, 3.05) is 19.6 Å². The Hall–Kier alpha value is -2.54. The molecule has 7 heteroatoms. The quantitative estimate of drug-likeness (QED) is 0.780. The van der Waals surface area contributed by atoms with Crippen LogP contribution < -0.4 is 5.32 Å². The Morgan fingerprint density at radius 3 is 2.67 bits per heavy atom. The van der Waals surface area contributed by atoms with Crippen LogP contribution in [-0.4, -0.2) is 58.3 Å². The second-order valence-corrected chi connectivity index (χ2v) is 6.96. The van der Waals surface area contributed by atoms with E-state index < -0.39 is 0 Å². The molecular weight excluding hydrogens is 344 g/mol. The number of rotatable bonds is 7. The van der Waals surface area contributed by atoms with Gasteiger partial charge in [-0.05, 0) is 51.5 Å². The van der Waals surface area contributed by atoms with E-state index in [9.17, 15) is 9.59 Å². The van der Waals surface area contributed by atoms with E-state index in [1.807, 2.05) is 37.8 Å². The molecule has 1 saturated heterocycles. The number of hydrogen-bond acceptors (Lipinski definition) is 4. The van der Waals surface area contributed by atoms with Crippen molar-refractivity contribution >= 4 is 11.8 Å². The minimum Gasteiger partial charge on any atom is -0.465 e. The van der Waals surface area contributed by atoms with Gasteiger partial charge in [0.1, 0.15) is 17.2 Å². The van der Waals surface area contributed by atoms with E-state index in [2.05, 4.69) is 15.2 Å². The molecule has 0 aliphatic carbocycles. The van der Waals surface area contributed by atoms with Crippen molar-refractivity contribution in [3.05, 3.63) is 47.7 Å². The number of aromatic amines is 1. The van der Waals surface area contributed by atoms with Crippen molar-refractivity contribution in [3.63, 3.8) is 0 Å². The van der Waals surface area contributed by atoms with Crippen LogP contribution in [-0.2, 0) is 11.3 Å². The average Bonchev–Trinajstić information content (AvgIpc) is 3.38. The summed E-state index contributed by atoms with van der Waals surface area (Å²) in [6, 6.07) is 7.06. The molecule has 2 atom stereocenters. The van der Waals surface area contributed by atoms with Crippen LogP contribution in [0.5, 0.6) is 0 Å². The molecule has 0 bridgehead atoms. The maximum absolute atomic E-state index is 13.0. The summed E-state index contributed by atoms with van der Waals surface area (Å²) >= 11 is 0. The third-order valence-corrected chi connectivity index (χ3v) is 5.10. The number of amides is 2. The van der Waals surface area contributed by atoms with Gasteiger partial charge in [0.05, 0.1) is 12.6 Å². The first-order chi connectivity index (χ1) is 13.0. The Morgan fingerprint density at radius 2 is 2.07 bits per heavy atom. The zero-order valence-electron chi connectivity index (χ0n) is 16.2. The second kappa shape index (κ2) is 8.43. The summed E-state index contributed by atoms with van der Waals surface area (Å²) in [4.78, 5) is 32.3. The van der Waals surface area contributed by atoms with Crippen molar-refractivity contribution in [1.29, 1.82) is 0 Å². The predicted octanol–water partition coefficient (Wildman–Crippen LogP) is 2.16. The normalized spacial score (nSPS) is 20.0. The molecular formula is C20H28N4O3. The van der Waals surface area contributed by atoms with Crippen LogP contribution in [0.3, 0.4) is 0 Å². The molecule has 2 aromatic rings. The number of likely N-dealkylation sites (tertiary alicyclic amines) is 1. The van der Waals surface area contributed by atoms with Crippen LogP contribution in [0.25, 0.3) is 0 Å². The lowest BCUT2D eigenvalue weighted by molar-refractivity contribution is -0.135. The van der Waals surface area contributed by atoms with Crippen molar-refractivity contribution in [2.45, 2.75) is 45.8 Å². The van der Waals surface area contributed by atoms with E-state index >= 15 is 0 Å². The number of aryl methyl sites for hydroxylation is 1. The summed E-state index contributed by atoms with van der Waals surface area (Å²) in [6.45, 7) is 8.41. The molecule has 0 radical (unpaired) electrons. The number of H-pyrrole nitrogens is 1. The predicted molar refractivity (Wildman–Crippen MR) is 102 cm³/mol. The SMILES string of the molecule is CCN(CC)C(=O)C1CC(NC(=O)c2ccc[nH]2)CN1Cc1ccc(C)o1. The van der Waals surface area contributed by atoms with Gasteiger partial charge in [0.25, 0.3) is 5.91 Å². The van der Waals surface area contributed by atoms with E-state index in [0.717, 1.165) is 11.5 Å². The first kappa shape index (κ1) is 19.2. The van der Waals surface area contributed by atoms with Crippen LogP contribution in [0.1, 0.15) is 42.3 Å². The van der Waals surface area contributed by atoms with Gasteiger partial charge in [-0.1, -0.05) is 0 Å². The minimum absolute atomic E-state index is 0.0821. The lowest BCUT2D eigenvalue weighted by Gasteiger charge is -2.28. The summed E-state index contributed by atoms with van der Waals surface area (Å²) in [5.74, 6) is 1.66. The number of likely N-dealkylation sites (N-methyl/N-ethyl adjacent to an activating group) is 1. The van der Waals surface area contributed by atoms with Gasteiger partial charge in [-0.2, -0.15) is 0 Å². The molecule has 146 valence electrons. The summed E-state index contributed by atoms with van der Waals surface area (Å²) in [5, 5.41) is 3.05. The summed E-state index contributed by atoms with van der Waals surface area (Å²) in [5.41, 5.74) is 0.529. The number of carbonyl (C=O) groups excluding carboxylic acids is 2. The summed E-state index contributed by atoms with van der Waals surface area (Å²) in [7, 11) is 0.